The molecule has 2 heterocycles. The molecule has 0 aliphatic heterocycles. The zero-order valence-electron chi connectivity index (χ0n) is 17.1. The van der Waals surface area contributed by atoms with E-state index in [1.807, 2.05) is 0 Å². The minimum absolute atomic E-state index is 0.143. The highest BCUT2D eigenvalue weighted by Gasteiger charge is 2.19. The number of nitrogens with zero attached hydrogens (tertiary/aromatic N) is 6. The monoisotopic (exact) mass is 513 g/mol. The second-order valence-electron chi connectivity index (χ2n) is 7.35. The van der Waals surface area contributed by atoms with E-state index in [0.29, 0.717) is 39.9 Å². The van der Waals surface area contributed by atoms with Gasteiger partial charge in [-0.1, -0.05) is 11.3 Å². The number of carbonyl (C=O) groups excluding carboxylic acids is 1. The largest absolute Gasteiger partial charge is 0.492 e. The summed E-state index contributed by atoms with van der Waals surface area (Å²) in [7, 11) is 0. The summed E-state index contributed by atoms with van der Waals surface area (Å²) in [5.41, 5.74) is -0.584. The van der Waals surface area contributed by atoms with Gasteiger partial charge < -0.3 is 14.8 Å². The molecule has 0 saturated heterocycles. The number of ether oxygens (including phenoxy) is 2. The van der Waals surface area contributed by atoms with Crippen molar-refractivity contribution in [2.75, 3.05) is 18.5 Å². The Hall–Kier alpha value is -2.67. The molecule has 0 spiro atoms. The van der Waals surface area contributed by atoms with E-state index in [1.165, 1.54) is 23.5 Å². The highest BCUT2D eigenvalue weighted by Crippen LogP contribution is 2.26. The number of tetrazole rings is 1. The molecule has 0 bridgehead atoms. The van der Waals surface area contributed by atoms with Crippen LogP contribution < -0.4 is 10.1 Å². The molecule has 166 valence electrons. The molecule has 3 aromatic rings. The quantitative estimate of drug-likeness (QED) is 0.339. The van der Waals surface area contributed by atoms with E-state index < -0.39 is 11.6 Å². The molecule has 1 N–H and O–H groups in total. The van der Waals surface area contributed by atoms with Gasteiger partial charge in [0.1, 0.15) is 17.2 Å². The van der Waals surface area contributed by atoms with Crippen LogP contribution in [0.15, 0.2) is 22.7 Å². The van der Waals surface area contributed by atoms with Crippen molar-refractivity contribution in [2.45, 2.75) is 39.3 Å². The minimum atomic E-state index is -0.584. The van der Waals surface area contributed by atoms with Gasteiger partial charge in [-0.25, -0.2) is 9.18 Å². The molecule has 0 radical (unpaired) electrons. The fourth-order valence-electron chi connectivity index (χ4n) is 2.31. The molecule has 0 saturated carbocycles. The Morgan fingerprint density at radius 2 is 2.10 bits per heavy atom. The number of rotatable bonds is 9. The number of aromatic nitrogens is 6. The summed E-state index contributed by atoms with van der Waals surface area (Å²) in [4.78, 5) is 13.0. The Labute approximate surface area is 190 Å². The standard InChI is InChI=1S/C18H21BrFN7O3S/c1-18(2,3)30-14(28)10-27-25-15(22-26-27)16-23-24-17(31-16)21-7-4-8-29-13-9-11(20)5-6-12(13)19/h5-6,9H,4,7-8,10H2,1-3H3,(H,21,24). The average Bonchev–Trinajstić information content (AvgIpc) is 3.32. The van der Waals surface area contributed by atoms with Crippen molar-refractivity contribution in [2.24, 2.45) is 0 Å². The third-order valence-corrected chi connectivity index (χ3v) is 5.04. The Morgan fingerprint density at radius 3 is 2.87 bits per heavy atom. The summed E-state index contributed by atoms with van der Waals surface area (Å²) >= 11 is 4.58. The molecule has 1 aromatic carbocycles. The fraction of sp³-hybridized carbons (Fsp3) is 0.444. The van der Waals surface area contributed by atoms with Crippen LogP contribution in [-0.4, -0.2) is 55.1 Å². The summed E-state index contributed by atoms with van der Waals surface area (Å²) in [6, 6.07) is 4.29. The van der Waals surface area contributed by atoms with Crippen LogP contribution in [-0.2, 0) is 16.1 Å². The van der Waals surface area contributed by atoms with Crippen LogP contribution in [0.25, 0.3) is 10.8 Å². The van der Waals surface area contributed by atoms with E-state index in [-0.39, 0.29) is 18.2 Å². The normalized spacial score (nSPS) is 11.4. The summed E-state index contributed by atoms with van der Waals surface area (Å²) in [5.74, 6) is -0.0787. The van der Waals surface area contributed by atoms with Crippen LogP contribution in [0, 0.1) is 5.82 Å². The van der Waals surface area contributed by atoms with Crippen LogP contribution in [0.3, 0.4) is 0 Å². The summed E-state index contributed by atoms with van der Waals surface area (Å²) in [6.07, 6.45) is 0.669. The van der Waals surface area contributed by atoms with Gasteiger partial charge in [-0.3, -0.25) is 0 Å². The zero-order chi connectivity index (χ0) is 22.4. The second-order valence-corrected chi connectivity index (χ2v) is 9.18. The van der Waals surface area contributed by atoms with E-state index in [9.17, 15) is 9.18 Å². The van der Waals surface area contributed by atoms with E-state index in [1.54, 1.807) is 26.8 Å². The smallest absolute Gasteiger partial charge is 0.330 e. The third-order valence-electron chi connectivity index (χ3n) is 3.51. The van der Waals surface area contributed by atoms with Crippen LogP contribution in [0.4, 0.5) is 9.52 Å². The highest BCUT2D eigenvalue weighted by atomic mass is 79.9. The van der Waals surface area contributed by atoms with Crippen LogP contribution in [0.1, 0.15) is 27.2 Å². The van der Waals surface area contributed by atoms with Crippen molar-refractivity contribution in [1.29, 1.82) is 0 Å². The zero-order valence-corrected chi connectivity index (χ0v) is 19.5. The van der Waals surface area contributed by atoms with E-state index in [4.69, 9.17) is 9.47 Å². The first kappa shape index (κ1) is 23.0. The number of benzene rings is 1. The maximum atomic E-state index is 13.2. The van der Waals surface area contributed by atoms with Gasteiger partial charge in [-0.05, 0) is 60.5 Å². The van der Waals surface area contributed by atoms with Gasteiger partial charge in [0.2, 0.25) is 11.0 Å². The van der Waals surface area contributed by atoms with Gasteiger partial charge in [-0.15, -0.1) is 20.4 Å². The molecule has 0 unspecified atom stereocenters. The van der Waals surface area contributed by atoms with Crippen LogP contribution >= 0.6 is 27.3 Å². The molecule has 31 heavy (non-hydrogen) atoms. The molecule has 0 aliphatic rings. The van der Waals surface area contributed by atoms with Crippen molar-refractivity contribution in [3.63, 3.8) is 0 Å². The Kier molecular flexibility index (Phi) is 7.49. The number of halogens is 2. The Morgan fingerprint density at radius 1 is 1.29 bits per heavy atom. The predicted molar refractivity (Wildman–Crippen MR) is 115 cm³/mol. The average molecular weight is 514 g/mol. The molecule has 13 heteroatoms. The Bertz CT molecular complexity index is 1040. The van der Waals surface area contributed by atoms with Crippen molar-refractivity contribution in [3.05, 3.63) is 28.5 Å². The molecule has 10 nitrogen and oxygen atoms in total. The van der Waals surface area contributed by atoms with Crippen molar-refractivity contribution in [1.82, 2.24) is 30.4 Å². The number of anilines is 1. The van der Waals surface area contributed by atoms with Crippen molar-refractivity contribution in [3.8, 4) is 16.6 Å². The SMILES string of the molecule is CC(C)(C)OC(=O)Cn1nnc(-c2nnc(NCCCOc3cc(F)ccc3Br)s2)n1. The highest BCUT2D eigenvalue weighted by molar-refractivity contribution is 9.10. The Balaban J connectivity index is 1.44. The number of hydrogen-bond donors (Lipinski definition) is 1. The van der Waals surface area contributed by atoms with E-state index in [0.717, 1.165) is 4.80 Å². The predicted octanol–water partition coefficient (Wildman–Crippen LogP) is 3.32. The van der Waals surface area contributed by atoms with Crippen LogP contribution in [0.5, 0.6) is 5.75 Å². The number of carbonyl (C=O) groups is 1. The first-order chi connectivity index (χ1) is 14.7. The summed E-state index contributed by atoms with van der Waals surface area (Å²) in [6.45, 7) is 6.20. The molecule has 0 atom stereocenters. The van der Waals surface area contributed by atoms with Gasteiger partial charge >= 0.3 is 5.97 Å². The lowest BCUT2D eigenvalue weighted by atomic mass is 10.2. The second kappa shape index (κ2) is 10.1. The number of hydrogen-bond acceptors (Lipinski definition) is 10. The van der Waals surface area contributed by atoms with Crippen LogP contribution in [0.2, 0.25) is 0 Å². The van der Waals surface area contributed by atoms with Crippen molar-refractivity contribution >= 4 is 38.4 Å². The summed E-state index contributed by atoms with van der Waals surface area (Å²) in [5, 5.41) is 24.2. The first-order valence-corrected chi connectivity index (χ1v) is 11.0. The topological polar surface area (TPSA) is 117 Å². The molecule has 0 fully saturated rings. The minimum Gasteiger partial charge on any atom is -0.492 e. The third kappa shape index (κ3) is 7.21. The van der Waals surface area contributed by atoms with Gasteiger partial charge in [0.15, 0.2) is 11.6 Å². The number of nitrogens with one attached hydrogen (secondary N) is 1. The lowest BCUT2D eigenvalue weighted by molar-refractivity contribution is -0.156. The lowest BCUT2D eigenvalue weighted by Crippen LogP contribution is -2.27. The molecule has 0 aliphatic carbocycles. The molecule has 0 amide bonds. The molecular formula is C18H21BrFN7O3S. The molecular weight excluding hydrogens is 493 g/mol. The van der Waals surface area contributed by atoms with Gasteiger partial charge in [0.05, 0.1) is 11.1 Å². The molecule has 3 rings (SSSR count). The van der Waals surface area contributed by atoms with E-state index in [2.05, 4.69) is 46.9 Å². The number of esters is 1. The van der Waals surface area contributed by atoms with E-state index >= 15 is 0 Å². The van der Waals surface area contributed by atoms with Gasteiger partial charge in [-0.2, -0.15) is 4.80 Å². The van der Waals surface area contributed by atoms with Gasteiger partial charge in [0, 0.05) is 12.6 Å². The maximum absolute atomic E-state index is 13.2. The fourth-order valence-corrected chi connectivity index (χ4v) is 3.36. The maximum Gasteiger partial charge on any atom is 0.330 e. The summed E-state index contributed by atoms with van der Waals surface area (Å²) < 4.78 is 24.7. The first-order valence-electron chi connectivity index (χ1n) is 9.35. The van der Waals surface area contributed by atoms with Crippen molar-refractivity contribution < 1.29 is 18.7 Å². The van der Waals surface area contributed by atoms with Gasteiger partial charge in [0.25, 0.3) is 0 Å². The lowest BCUT2D eigenvalue weighted by Gasteiger charge is -2.18. The molecule has 2 aromatic heterocycles.